The Kier molecular flexibility index (Phi) is 5.55. The Bertz CT molecular complexity index is 498. The van der Waals surface area contributed by atoms with Crippen LogP contribution < -0.4 is 10.6 Å². The monoisotopic (exact) mass is 278 g/mol. The first kappa shape index (κ1) is 16.0. The van der Waals surface area contributed by atoms with Crippen LogP contribution in [0.15, 0.2) is 18.2 Å². The van der Waals surface area contributed by atoms with E-state index in [0.717, 1.165) is 11.1 Å². The molecule has 5 nitrogen and oxygen atoms in total. The number of benzene rings is 1. The van der Waals surface area contributed by atoms with Gasteiger partial charge in [0.05, 0.1) is 0 Å². The fourth-order valence-electron chi connectivity index (χ4n) is 1.90. The Morgan fingerprint density at radius 2 is 1.90 bits per heavy atom. The normalized spacial score (nSPS) is 12.1. The van der Waals surface area contributed by atoms with Gasteiger partial charge in [-0.05, 0) is 43.4 Å². The van der Waals surface area contributed by atoms with Gasteiger partial charge in [0.15, 0.2) is 0 Å². The van der Waals surface area contributed by atoms with Crippen molar-refractivity contribution in [1.82, 2.24) is 5.32 Å². The topological polar surface area (TPSA) is 78.4 Å². The minimum absolute atomic E-state index is 0.192. The summed E-state index contributed by atoms with van der Waals surface area (Å²) in [7, 11) is 0. The van der Waals surface area contributed by atoms with Gasteiger partial charge in [-0.1, -0.05) is 26.0 Å². The minimum atomic E-state index is -1.02. The van der Waals surface area contributed by atoms with Crippen LogP contribution in [0.5, 0.6) is 0 Å². The number of nitrogens with one attached hydrogen (secondary N) is 2. The number of carbonyl (C=O) groups excluding carboxylic acids is 1. The van der Waals surface area contributed by atoms with E-state index in [4.69, 9.17) is 5.11 Å². The highest BCUT2D eigenvalue weighted by Gasteiger charge is 2.21. The van der Waals surface area contributed by atoms with Crippen molar-refractivity contribution in [1.29, 1.82) is 0 Å². The molecule has 20 heavy (non-hydrogen) atoms. The van der Waals surface area contributed by atoms with Crippen LogP contribution in [0.25, 0.3) is 0 Å². The van der Waals surface area contributed by atoms with Crippen molar-refractivity contribution in [2.45, 2.75) is 40.2 Å². The van der Waals surface area contributed by atoms with Crippen LogP contribution in [-0.2, 0) is 4.79 Å². The minimum Gasteiger partial charge on any atom is -0.480 e. The molecule has 0 aliphatic rings. The number of carbonyl (C=O) groups is 2. The molecule has 0 aliphatic carbocycles. The van der Waals surface area contributed by atoms with Gasteiger partial charge in [0.25, 0.3) is 0 Å². The molecule has 1 rings (SSSR count). The zero-order valence-corrected chi connectivity index (χ0v) is 12.4. The lowest BCUT2D eigenvalue weighted by atomic mass is 10.0. The van der Waals surface area contributed by atoms with Crippen LogP contribution >= 0.6 is 0 Å². The van der Waals surface area contributed by atoms with Crippen molar-refractivity contribution in [3.05, 3.63) is 29.3 Å². The Hall–Kier alpha value is -2.04. The average Bonchev–Trinajstić information content (AvgIpc) is 2.33. The molecule has 2 amide bonds. The summed E-state index contributed by atoms with van der Waals surface area (Å²) in [5, 5.41) is 14.3. The Balaban J connectivity index is 2.71. The van der Waals surface area contributed by atoms with Crippen LogP contribution in [0.3, 0.4) is 0 Å². The van der Waals surface area contributed by atoms with Crippen LogP contribution in [-0.4, -0.2) is 23.1 Å². The number of carboxylic acids is 1. The van der Waals surface area contributed by atoms with E-state index < -0.39 is 18.0 Å². The molecule has 1 aromatic carbocycles. The van der Waals surface area contributed by atoms with E-state index in [0.29, 0.717) is 12.1 Å². The fraction of sp³-hybridized carbons (Fsp3) is 0.467. The molecule has 0 saturated carbocycles. The summed E-state index contributed by atoms with van der Waals surface area (Å²) in [5.41, 5.74) is 2.73. The predicted molar refractivity (Wildman–Crippen MR) is 78.9 cm³/mol. The van der Waals surface area contributed by atoms with E-state index in [1.54, 1.807) is 6.07 Å². The number of anilines is 1. The van der Waals surface area contributed by atoms with E-state index in [-0.39, 0.29) is 5.92 Å². The van der Waals surface area contributed by atoms with E-state index in [9.17, 15) is 9.59 Å². The molecule has 0 heterocycles. The Morgan fingerprint density at radius 3 is 2.45 bits per heavy atom. The van der Waals surface area contributed by atoms with Crippen LogP contribution in [0.2, 0.25) is 0 Å². The molecule has 1 aromatic rings. The highest BCUT2D eigenvalue weighted by atomic mass is 16.4. The summed E-state index contributed by atoms with van der Waals surface area (Å²) >= 11 is 0. The van der Waals surface area contributed by atoms with E-state index in [1.165, 1.54) is 0 Å². The molecule has 5 heteroatoms. The first-order valence-electron chi connectivity index (χ1n) is 6.67. The highest BCUT2D eigenvalue weighted by molar-refractivity contribution is 5.93. The maximum Gasteiger partial charge on any atom is 0.326 e. The molecule has 0 aliphatic heterocycles. The Morgan fingerprint density at radius 1 is 1.25 bits per heavy atom. The van der Waals surface area contributed by atoms with Gasteiger partial charge >= 0.3 is 12.0 Å². The van der Waals surface area contributed by atoms with Crippen molar-refractivity contribution in [3.63, 3.8) is 0 Å². The molecule has 0 unspecified atom stereocenters. The lowest BCUT2D eigenvalue weighted by molar-refractivity contribution is -0.139. The smallest absolute Gasteiger partial charge is 0.326 e. The van der Waals surface area contributed by atoms with Gasteiger partial charge < -0.3 is 15.7 Å². The second kappa shape index (κ2) is 6.93. The van der Waals surface area contributed by atoms with Gasteiger partial charge in [0.1, 0.15) is 6.04 Å². The molecule has 1 atom stereocenters. The SMILES string of the molecule is Cc1cccc(NC(=O)N[C@H](CC(C)C)C(=O)O)c1C. The summed E-state index contributed by atoms with van der Waals surface area (Å²) < 4.78 is 0. The fourth-order valence-corrected chi connectivity index (χ4v) is 1.90. The number of urea groups is 1. The lowest BCUT2D eigenvalue weighted by Crippen LogP contribution is -2.43. The zero-order chi connectivity index (χ0) is 15.3. The first-order chi connectivity index (χ1) is 9.31. The number of aliphatic carboxylic acids is 1. The summed E-state index contributed by atoms with van der Waals surface area (Å²) in [6, 6.07) is 4.23. The number of carboxylic acid groups (broad SMARTS) is 1. The zero-order valence-electron chi connectivity index (χ0n) is 12.4. The van der Waals surface area contributed by atoms with E-state index >= 15 is 0 Å². The van der Waals surface area contributed by atoms with Crippen molar-refractivity contribution >= 4 is 17.7 Å². The third kappa shape index (κ3) is 4.57. The maximum atomic E-state index is 11.9. The molecule has 0 saturated heterocycles. The number of amides is 2. The quantitative estimate of drug-likeness (QED) is 0.775. The molecular formula is C15H22N2O3. The maximum absolute atomic E-state index is 11.9. The van der Waals surface area contributed by atoms with Crippen molar-refractivity contribution in [2.24, 2.45) is 5.92 Å². The highest BCUT2D eigenvalue weighted by Crippen LogP contribution is 2.17. The molecule has 0 aromatic heterocycles. The van der Waals surface area contributed by atoms with Crippen molar-refractivity contribution in [3.8, 4) is 0 Å². The predicted octanol–water partition coefficient (Wildman–Crippen LogP) is 2.92. The average molecular weight is 278 g/mol. The lowest BCUT2D eigenvalue weighted by Gasteiger charge is -2.17. The molecule has 0 fully saturated rings. The number of rotatable bonds is 5. The van der Waals surface area contributed by atoms with Gasteiger partial charge in [-0.25, -0.2) is 9.59 Å². The second-order valence-corrected chi connectivity index (χ2v) is 5.37. The number of aryl methyl sites for hydroxylation is 1. The Labute approximate surface area is 119 Å². The van der Waals surface area contributed by atoms with Crippen molar-refractivity contribution in [2.75, 3.05) is 5.32 Å². The largest absolute Gasteiger partial charge is 0.480 e. The van der Waals surface area contributed by atoms with Crippen LogP contribution in [0.1, 0.15) is 31.4 Å². The third-order valence-corrected chi connectivity index (χ3v) is 3.16. The summed E-state index contributed by atoms with van der Waals surface area (Å²) in [4.78, 5) is 23.0. The van der Waals surface area contributed by atoms with Gasteiger partial charge in [0.2, 0.25) is 0 Å². The molecule has 0 bridgehead atoms. The summed E-state index contributed by atoms with van der Waals surface area (Å²) in [6.07, 6.45) is 0.398. The summed E-state index contributed by atoms with van der Waals surface area (Å²) in [6.45, 7) is 7.70. The molecule has 0 spiro atoms. The molecule has 110 valence electrons. The van der Waals surface area contributed by atoms with Gasteiger partial charge in [-0.3, -0.25) is 0 Å². The van der Waals surface area contributed by atoms with Gasteiger partial charge in [-0.2, -0.15) is 0 Å². The standard InChI is InChI=1S/C15H22N2O3/c1-9(2)8-13(14(18)19)17-15(20)16-12-7-5-6-10(3)11(12)4/h5-7,9,13H,8H2,1-4H3,(H,18,19)(H2,16,17,20)/t13-/m1/s1. The second-order valence-electron chi connectivity index (χ2n) is 5.37. The van der Waals surface area contributed by atoms with Gasteiger partial charge in [-0.15, -0.1) is 0 Å². The number of hydrogen-bond acceptors (Lipinski definition) is 2. The first-order valence-corrected chi connectivity index (χ1v) is 6.67. The molecule has 0 radical (unpaired) electrons. The van der Waals surface area contributed by atoms with Crippen LogP contribution in [0, 0.1) is 19.8 Å². The number of hydrogen-bond donors (Lipinski definition) is 3. The molecule has 3 N–H and O–H groups in total. The summed E-state index contributed by atoms with van der Waals surface area (Å²) in [5.74, 6) is -0.827. The third-order valence-electron chi connectivity index (χ3n) is 3.16. The van der Waals surface area contributed by atoms with E-state index in [1.807, 2.05) is 39.8 Å². The van der Waals surface area contributed by atoms with Crippen molar-refractivity contribution < 1.29 is 14.7 Å². The van der Waals surface area contributed by atoms with Crippen LogP contribution in [0.4, 0.5) is 10.5 Å². The molecular weight excluding hydrogens is 256 g/mol. The van der Waals surface area contributed by atoms with E-state index in [2.05, 4.69) is 10.6 Å². The van der Waals surface area contributed by atoms with Gasteiger partial charge in [0, 0.05) is 5.69 Å².